The maximum Gasteiger partial charge on any atom is 0.364 e. The van der Waals surface area contributed by atoms with Gasteiger partial charge < -0.3 is 136 Å². The zero-order chi connectivity index (χ0) is 52.7. The highest BCUT2D eigenvalue weighted by molar-refractivity contribution is 5.76. The smallest absolute Gasteiger partial charge is 0.364 e. The fourth-order valence-corrected chi connectivity index (χ4v) is 8.35. The Morgan fingerprint density at radius 2 is 1.23 bits per heavy atom. The maximum absolute atomic E-state index is 12.8. The second-order valence-electron chi connectivity index (χ2n) is 17.4. The average molecular weight is 1030 g/mol. The minimum atomic E-state index is -3.06. The molecule has 4 fully saturated rings. The summed E-state index contributed by atoms with van der Waals surface area (Å²) in [6, 6.07) is -5.13. The first-order valence-electron chi connectivity index (χ1n) is 22.0. The molecule has 4 saturated heterocycles. The molecule has 4 rings (SSSR count). The Balaban J connectivity index is 1.78. The van der Waals surface area contributed by atoms with Crippen molar-refractivity contribution in [3.05, 3.63) is 0 Å². The number of rotatable bonds is 22. The van der Waals surface area contributed by atoms with Gasteiger partial charge >= 0.3 is 5.97 Å². The minimum Gasteiger partial charge on any atom is -0.477 e. The van der Waals surface area contributed by atoms with E-state index in [1.807, 2.05) is 0 Å². The summed E-state index contributed by atoms with van der Waals surface area (Å²) in [5.74, 6) is -7.60. The third-order valence-electron chi connectivity index (χ3n) is 12.1. The van der Waals surface area contributed by atoms with Crippen molar-refractivity contribution in [3.63, 3.8) is 0 Å². The summed E-state index contributed by atoms with van der Waals surface area (Å²) in [5, 5.41) is 178. The molecule has 0 saturated carbocycles. The Bertz CT molecular complexity index is 1710. The fraction of sp³-hybridized carbons (Fsp3) is 0.897. The lowest BCUT2D eigenvalue weighted by molar-refractivity contribution is -0.392. The summed E-state index contributed by atoms with van der Waals surface area (Å²) in [6.07, 6.45) is -43.2. The first kappa shape index (κ1) is 59.5. The molecule has 31 nitrogen and oxygen atoms in total. The van der Waals surface area contributed by atoms with E-state index in [-0.39, 0.29) is 0 Å². The van der Waals surface area contributed by atoms with Crippen LogP contribution in [-0.2, 0) is 57.1 Å². The quantitative estimate of drug-likeness (QED) is 0.0479. The largest absolute Gasteiger partial charge is 0.477 e. The molecule has 19 N–H and O–H groups in total. The molecule has 0 aliphatic carbocycles. The summed E-state index contributed by atoms with van der Waals surface area (Å²) >= 11 is 0. The van der Waals surface area contributed by atoms with Crippen molar-refractivity contribution >= 4 is 23.7 Å². The summed E-state index contributed by atoms with van der Waals surface area (Å²) in [6.45, 7) is -1.41. The van der Waals surface area contributed by atoms with Crippen LogP contribution in [0.15, 0.2) is 0 Å². The Morgan fingerprint density at radius 3 is 1.77 bits per heavy atom. The number of hydrogen-bond donors (Lipinski definition) is 19. The van der Waals surface area contributed by atoms with Crippen molar-refractivity contribution in [3.8, 4) is 0 Å². The van der Waals surface area contributed by atoms with Crippen LogP contribution < -0.4 is 16.0 Å². The third kappa shape index (κ3) is 13.8. The van der Waals surface area contributed by atoms with Gasteiger partial charge in [0.1, 0.15) is 104 Å². The van der Waals surface area contributed by atoms with Gasteiger partial charge in [-0.05, 0) is 6.92 Å². The second kappa shape index (κ2) is 25.8. The van der Waals surface area contributed by atoms with Crippen LogP contribution in [0.5, 0.6) is 0 Å². The number of ether oxygens (including phenoxy) is 8. The monoisotopic (exact) mass is 1030 g/mol. The van der Waals surface area contributed by atoms with E-state index in [4.69, 9.17) is 37.9 Å². The van der Waals surface area contributed by atoms with Crippen molar-refractivity contribution in [2.75, 3.05) is 33.0 Å². The van der Waals surface area contributed by atoms with E-state index in [0.29, 0.717) is 0 Å². The first-order chi connectivity index (χ1) is 32.8. The van der Waals surface area contributed by atoms with Crippen molar-refractivity contribution in [1.82, 2.24) is 16.0 Å². The van der Waals surface area contributed by atoms with E-state index < -0.39 is 216 Å². The highest BCUT2D eigenvalue weighted by Gasteiger charge is 2.58. The lowest BCUT2D eigenvalue weighted by Crippen LogP contribution is -2.69. The highest BCUT2D eigenvalue weighted by atomic mass is 16.8. The van der Waals surface area contributed by atoms with Gasteiger partial charge in [0.25, 0.3) is 5.79 Å². The van der Waals surface area contributed by atoms with Crippen LogP contribution in [0.3, 0.4) is 0 Å². The molecular formula is C39H67N3O28. The van der Waals surface area contributed by atoms with E-state index in [0.717, 1.165) is 20.8 Å². The SMILES string of the molecule is CC(=O)N[C@H]1[C@H](O[C@H]2[C@@H](O)[C@@H](CO)O[C@@H](O[C@@H]([C@@H](O)[C@H](O)CO[C@]3(C(=O)O)C[C@H](O)[C@@H](NC(C)=O)[C@H]([C@H](O)[C@H](O)CO)O3)[C@H](CO)NC(C)=O)[C@@H]2O[C@@H]2O[C@@H](C)[C@@H](O)[C@@H](O)[C@@H]2O)O[C@H](CO)[C@@H](O)[C@@H]1O. The van der Waals surface area contributed by atoms with Gasteiger partial charge in [-0.2, -0.15) is 0 Å². The zero-order valence-corrected chi connectivity index (χ0v) is 38.2. The number of aliphatic carboxylic acids is 1. The molecule has 25 atom stereocenters. The van der Waals surface area contributed by atoms with Gasteiger partial charge in [0.15, 0.2) is 18.9 Å². The molecule has 0 bridgehead atoms. The predicted molar refractivity (Wildman–Crippen MR) is 219 cm³/mol. The van der Waals surface area contributed by atoms with Crippen LogP contribution in [0.1, 0.15) is 34.1 Å². The van der Waals surface area contributed by atoms with Gasteiger partial charge in [-0.1, -0.05) is 0 Å². The Labute approximate surface area is 397 Å². The van der Waals surface area contributed by atoms with Gasteiger partial charge in [0.2, 0.25) is 17.7 Å². The van der Waals surface area contributed by atoms with Crippen LogP contribution in [0, 0.1) is 0 Å². The number of aliphatic hydroxyl groups is 15. The van der Waals surface area contributed by atoms with Crippen molar-refractivity contribution in [2.24, 2.45) is 0 Å². The number of nitrogens with one attached hydrogen (secondary N) is 3. The molecular weight excluding hydrogens is 958 g/mol. The van der Waals surface area contributed by atoms with Crippen LogP contribution >= 0.6 is 0 Å². The van der Waals surface area contributed by atoms with Crippen LogP contribution in [0.2, 0.25) is 0 Å². The van der Waals surface area contributed by atoms with E-state index >= 15 is 0 Å². The van der Waals surface area contributed by atoms with Crippen molar-refractivity contribution in [2.45, 2.75) is 187 Å². The summed E-state index contributed by atoms with van der Waals surface area (Å²) in [5.41, 5.74) is 0. The highest BCUT2D eigenvalue weighted by Crippen LogP contribution is 2.37. The van der Waals surface area contributed by atoms with Gasteiger partial charge in [-0.25, -0.2) is 4.79 Å². The van der Waals surface area contributed by atoms with Gasteiger partial charge in [-0.3, -0.25) is 14.4 Å². The summed E-state index contributed by atoms with van der Waals surface area (Å²) in [7, 11) is 0. The number of carbonyl (C=O) groups excluding carboxylic acids is 3. The zero-order valence-electron chi connectivity index (χ0n) is 38.2. The standard InChI is InChI=1S/C39H67N3O28/c1-11-23(53)29(59)30(60)36(64-11)69-34-33(68-35-22(42-14(4)49)28(58)26(56)19(8-45)65-35)27(57)20(9-46)66-37(34)67-31(15(6-43)40-12(2)47)25(55)18(52)10-63-39(38(61)62)5-16(50)21(41-13(3)48)32(70-39)24(54)17(51)7-44/h11,15-37,43-46,50-60H,5-10H2,1-4H3,(H,40,47)(H,41,48)(H,42,49)(H,61,62)/t11-,15-,16-,17+,18+,19+,20+,21+,22+,23+,24+,25-,26+,27-,28+,29+,30-,31+,32+,33-,34+,35-,36-,37-,39+/m0/s1. The molecule has 0 aromatic heterocycles. The number of carbonyl (C=O) groups is 4. The van der Waals surface area contributed by atoms with Gasteiger partial charge in [-0.15, -0.1) is 0 Å². The second-order valence-corrected chi connectivity index (χ2v) is 17.4. The van der Waals surface area contributed by atoms with Crippen molar-refractivity contribution in [1.29, 1.82) is 0 Å². The van der Waals surface area contributed by atoms with Gasteiger partial charge in [0.05, 0.1) is 57.3 Å². The van der Waals surface area contributed by atoms with E-state index in [1.165, 1.54) is 6.92 Å². The van der Waals surface area contributed by atoms with E-state index in [9.17, 15) is 101 Å². The Kier molecular flexibility index (Phi) is 21.9. The Morgan fingerprint density at radius 1 is 0.657 bits per heavy atom. The molecule has 0 spiro atoms. The lowest BCUT2D eigenvalue weighted by atomic mass is 9.88. The lowest BCUT2D eigenvalue weighted by Gasteiger charge is -2.50. The first-order valence-corrected chi connectivity index (χ1v) is 22.0. The number of aliphatic hydroxyl groups excluding tert-OH is 15. The number of carboxylic acid groups (broad SMARTS) is 1. The van der Waals surface area contributed by atoms with E-state index in [2.05, 4.69) is 16.0 Å². The Hall–Kier alpha value is -3.04. The third-order valence-corrected chi connectivity index (χ3v) is 12.1. The number of hydrogen-bond acceptors (Lipinski definition) is 27. The van der Waals surface area contributed by atoms with Crippen LogP contribution in [0.25, 0.3) is 0 Å². The normalized spacial score (nSPS) is 40.7. The van der Waals surface area contributed by atoms with E-state index in [1.54, 1.807) is 0 Å². The maximum atomic E-state index is 12.8. The molecule has 4 aliphatic heterocycles. The molecule has 0 aromatic rings. The molecule has 3 amide bonds. The summed E-state index contributed by atoms with van der Waals surface area (Å²) in [4.78, 5) is 49.5. The number of carboxylic acids is 1. The molecule has 0 radical (unpaired) electrons. The molecule has 31 heteroatoms. The molecule has 0 aromatic carbocycles. The molecule has 406 valence electrons. The molecule has 4 heterocycles. The van der Waals surface area contributed by atoms with Crippen molar-refractivity contribution < 1.29 is 139 Å². The molecule has 0 unspecified atom stereocenters. The predicted octanol–water partition coefficient (Wildman–Crippen LogP) is -11.6. The molecule has 4 aliphatic rings. The topological polar surface area (TPSA) is 502 Å². The summed E-state index contributed by atoms with van der Waals surface area (Å²) < 4.78 is 46.2. The molecule has 70 heavy (non-hydrogen) atoms. The average Bonchev–Trinajstić information content (AvgIpc) is 3.30. The van der Waals surface area contributed by atoms with Crippen LogP contribution in [-0.4, -0.2) is 291 Å². The fourth-order valence-electron chi connectivity index (χ4n) is 8.35. The van der Waals surface area contributed by atoms with Crippen LogP contribution in [0.4, 0.5) is 0 Å². The number of amides is 3. The minimum absolute atomic E-state index is 0.805. The van der Waals surface area contributed by atoms with Gasteiger partial charge in [0, 0.05) is 27.2 Å².